The Morgan fingerprint density at radius 2 is 1.65 bits per heavy atom. The number of rotatable bonds is 1. The summed E-state index contributed by atoms with van der Waals surface area (Å²) in [6.45, 7) is 6.19. The summed E-state index contributed by atoms with van der Waals surface area (Å²) < 4.78 is 22.2. The number of aryl methyl sites for hydroxylation is 4. The zero-order chi connectivity index (χ0) is 18.6. The summed E-state index contributed by atoms with van der Waals surface area (Å²) >= 11 is 0. The van der Waals surface area contributed by atoms with Crippen molar-refractivity contribution >= 4 is 21.9 Å². The molecule has 2 heterocycles. The fourth-order valence-electron chi connectivity index (χ4n) is 3.53. The largest absolute Gasteiger partial charge is 0.454 e. The van der Waals surface area contributed by atoms with Gasteiger partial charge in [-0.05, 0) is 44.0 Å². The monoisotopic (exact) mass is 345 g/mol. The Morgan fingerprint density at radius 1 is 0.962 bits per heavy atom. The lowest BCUT2D eigenvalue weighted by Crippen LogP contribution is -2.31. The molecule has 26 heavy (non-hydrogen) atoms. The Labute approximate surface area is 150 Å². The molecule has 0 unspecified atom stereocenters. The van der Waals surface area contributed by atoms with Crippen molar-refractivity contribution in [1.82, 2.24) is 0 Å². The summed E-state index contributed by atoms with van der Waals surface area (Å²) in [5.74, 6) is -0.561. The Hall–Kier alpha value is -3.19. The smallest absolute Gasteiger partial charge is 0.216 e. The average molecular weight is 345 g/mol. The van der Waals surface area contributed by atoms with Gasteiger partial charge in [0.05, 0.1) is 5.56 Å². The fourth-order valence-corrected chi connectivity index (χ4v) is 3.53. The molecule has 0 aliphatic heterocycles. The van der Waals surface area contributed by atoms with Crippen molar-refractivity contribution in [3.05, 3.63) is 64.6 Å². The molecule has 2 aromatic heterocycles. The van der Waals surface area contributed by atoms with Crippen LogP contribution in [0.15, 0.2) is 40.9 Å². The predicted molar refractivity (Wildman–Crippen MR) is 99.2 cm³/mol. The number of hydrogen-bond donors (Lipinski definition) is 0. The molecule has 0 fully saturated rings. The van der Waals surface area contributed by atoms with E-state index in [1.165, 1.54) is 17.2 Å². The molecule has 4 aromatic rings. The number of pyridine rings is 1. The van der Waals surface area contributed by atoms with E-state index in [1.54, 1.807) is 6.07 Å². The molecule has 0 N–H and O–H groups in total. The number of hydrogen-bond acceptors (Lipinski definition) is 2. The van der Waals surface area contributed by atoms with Crippen LogP contribution in [0.2, 0.25) is 0 Å². The summed E-state index contributed by atoms with van der Waals surface area (Å²) in [7, 11) is 2.00. The van der Waals surface area contributed by atoms with Crippen LogP contribution in [-0.2, 0) is 7.05 Å². The molecule has 4 rings (SSSR count). The lowest BCUT2D eigenvalue weighted by Gasteiger charge is -2.07. The molecular weight excluding hydrogens is 327 g/mol. The number of aromatic nitrogens is 1. The van der Waals surface area contributed by atoms with Gasteiger partial charge in [0.1, 0.15) is 30.1 Å². The maximum Gasteiger partial charge on any atom is 0.216 e. The van der Waals surface area contributed by atoms with Gasteiger partial charge in [-0.3, -0.25) is 0 Å². The maximum atomic E-state index is 14.0. The van der Waals surface area contributed by atoms with Crippen molar-refractivity contribution < 1.29 is 13.4 Å². The van der Waals surface area contributed by atoms with Crippen LogP contribution in [0.25, 0.3) is 33.2 Å². The van der Waals surface area contributed by atoms with Gasteiger partial charge in [-0.25, -0.2) is 8.96 Å². The molecule has 128 valence electrons. The van der Waals surface area contributed by atoms with Crippen molar-refractivity contribution in [2.45, 2.75) is 20.8 Å². The Morgan fingerprint density at radius 3 is 2.38 bits per heavy atom. The minimum absolute atomic E-state index is 0.0493. The SMILES string of the molecule is Cc1cc(-c2c(C)ccc3c2oc2c(C#N)c(F)ccc23)[n+](C)cc1C. The van der Waals surface area contributed by atoms with E-state index in [2.05, 4.69) is 30.7 Å². The minimum atomic E-state index is -0.561. The summed E-state index contributed by atoms with van der Waals surface area (Å²) in [6.07, 6.45) is 2.09. The summed E-state index contributed by atoms with van der Waals surface area (Å²) in [6, 6.07) is 11.1. The molecule has 0 saturated carbocycles. The second kappa shape index (κ2) is 5.67. The van der Waals surface area contributed by atoms with Crippen molar-refractivity contribution in [1.29, 1.82) is 5.26 Å². The number of halogens is 1. The third-order valence-electron chi connectivity index (χ3n) is 5.08. The maximum absolute atomic E-state index is 14.0. The van der Waals surface area contributed by atoms with Gasteiger partial charge in [-0.2, -0.15) is 5.26 Å². The normalized spacial score (nSPS) is 11.2. The number of nitrogens with zero attached hydrogens (tertiary/aromatic N) is 2. The van der Waals surface area contributed by atoms with Crippen molar-refractivity contribution in [2.75, 3.05) is 0 Å². The zero-order valence-corrected chi connectivity index (χ0v) is 15.1. The first kappa shape index (κ1) is 16.3. The standard InChI is InChI=1S/C22H18FN2O/c1-12-5-6-16-15-7-8-18(23)17(10-24)21(15)26-22(16)20(12)19-9-13(2)14(3)11-25(19)4/h5-9,11H,1-4H3/q+1. The number of furan rings is 1. The highest BCUT2D eigenvalue weighted by molar-refractivity contribution is 6.11. The van der Waals surface area contributed by atoms with E-state index in [0.717, 1.165) is 27.6 Å². The van der Waals surface area contributed by atoms with E-state index >= 15 is 0 Å². The van der Waals surface area contributed by atoms with E-state index in [9.17, 15) is 9.65 Å². The van der Waals surface area contributed by atoms with E-state index in [4.69, 9.17) is 4.42 Å². The molecule has 4 heteroatoms. The molecular formula is C22H18FN2O+. The number of nitriles is 1. The predicted octanol–water partition coefficient (Wildman–Crippen LogP) is 5.01. The topological polar surface area (TPSA) is 40.8 Å². The molecule has 0 spiro atoms. The first-order chi connectivity index (χ1) is 12.4. The molecule has 0 aliphatic carbocycles. The van der Waals surface area contributed by atoms with Gasteiger partial charge in [-0.1, -0.05) is 12.1 Å². The van der Waals surface area contributed by atoms with Crippen LogP contribution in [0.5, 0.6) is 0 Å². The van der Waals surface area contributed by atoms with Gasteiger partial charge in [-0.15, -0.1) is 0 Å². The molecule has 2 aromatic carbocycles. The van der Waals surface area contributed by atoms with Gasteiger partial charge in [0.2, 0.25) is 5.69 Å². The van der Waals surface area contributed by atoms with Crippen molar-refractivity contribution in [2.24, 2.45) is 7.05 Å². The fraction of sp³-hybridized carbons (Fsp3) is 0.182. The molecule has 3 nitrogen and oxygen atoms in total. The number of benzene rings is 2. The molecule has 0 aliphatic rings. The quantitative estimate of drug-likeness (QED) is 0.455. The Balaban J connectivity index is 2.17. The Kier molecular flexibility index (Phi) is 3.55. The summed E-state index contributed by atoms with van der Waals surface area (Å²) in [5, 5.41) is 11.0. The first-order valence-corrected chi connectivity index (χ1v) is 8.44. The second-order valence-corrected chi connectivity index (χ2v) is 6.78. The van der Waals surface area contributed by atoms with Gasteiger partial charge < -0.3 is 4.42 Å². The van der Waals surface area contributed by atoms with Gasteiger partial charge in [0, 0.05) is 22.4 Å². The molecule has 0 amide bonds. The molecule has 0 atom stereocenters. The van der Waals surface area contributed by atoms with Crippen molar-refractivity contribution in [3.63, 3.8) is 0 Å². The zero-order valence-electron chi connectivity index (χ0n) is 15.1. The van der Waals surface area contributed by atoms with Gasteiger partial charge in [0.15, 0.2) is 11.8 Å². The second-order valence-electron chi connectivity index (χ2n) is 6.78. The molecule has 0 bridgehead atoms. The van der Waals surface area contributed by atoms with Gasteiger partial charge in [0.25, 0.3) is 0 Å². The average Bonchev–Trinajstić information content (AvgIpc) is 2.97. The van der Waals surface area contributed by atoms with Crippen LogP contribution in [0.1, 0.15) is 22.3 Å². The van der Waals surface area contributed by atoms with E-state index in [0.29, 0.717) is 11.2 Å². The van der Waals surface area contributed by atoms with Crippen LogP contribution in [-0.4, -0.2) is 0 Å². The highest BCUT2D eigenvalue weighted by Crippen LogP contribution is 2.38. The minimum Gasteiger partial charge on any atom is -0.454 e. The lowest BCUT2D eigenvalue weighted by atomic mass is 9.98. The summed E-state index contributed by atoms with van der Waals surface area (Å²) in [4.78, 5) is 0. The van der Waals surface area contributed by atoms with E-state index in [1.807, 2.05) is 32.2 Å². The summed E-state index contributed by atoms with van der Waals surface area (Å²) in [5.41, 5.74) is 6.39. The Bertz CT molecular complexity index is 1250. The first-order valence-electron chi connectivity index (χ1n) is 8.44. The highest BCUT2D eigenvalue weighted by Gasteiger charge is 2.23. The van der Waals surface area contributed by atoms with Gasteiger partial charge >= 0.3 is 0 Å². The van der Waals surface area contributed by atoms with Crippen LogP contribution in [0.4, 0.5) is 4.39 Å². The lowest BCUT2D eigenvalue weighted by molar-refractivity contribution is -0.660. The van der Waals surface area contributed by atoms with E-state index in [-0.39, 0.29) is 5.56 Å². The molecule has 0 radical (unpaired) electrons. The van der Waals surface area contributed by atoms with Crippen molar-refractivity contribution in [3.8, 4) is 17.3 Å². The third kappa shape index (κ3) is 2.21. The third-order valence-corrected chi connectivity index (χ3v) is 5.08. The number of fused-ring (bicyclic) bond motifs is 3. The van der Waals surface area contributed by atoms with Crippen LogP contribution >= 0.6 is 0 Å². The highest BCUT2D eigenvalue weighted by atomic mass is 19.1. The molecule has 0 saturated heterocycles. The van der Waals surface area contributed by atoms with Crippen LogP contribution < -0.4 is 4.57 Å². The van der Waals surface area contributed by atoms with Crippen LogP contribution in [0, 0.1) is 37.9 Å². The van der Waals surface area contributed by atoms with E-state index < -0.39 is 5.82 Å². The van der Waals surface area contributed by atoms with Crippen LogP contribution in [0.3, 0.4) is 0 Å².